The number of anilines is 2. The number of carbonyl (C=O) groups is 1. The zero-order chi connectivity index (χ0) is 25.1. The topological polar surface area (TPSA) is 106 Å². The van der Waals surface area contributed by atoms with Crippen LogP contribution in [0.15, 0.2) is 41.0 Å². The summed E-state index contributed by atoms with van der Waals surface area (Å²) in [4.78, 5) is 21.5. The van der Waals surface area contributed by atoms with Crippen LogP contribution < -0.4 is 15.4 Å². The molecule has 3 saturated carbocycles. The van der Waals surface area contributed by atoms with Crippen molar-refractivity contribution in [3.8, 4) is 5.75 Å². The lowest BCUT2D eigenvalue weighted by molar-refractivity contribution is -0.138. The number of carbonyl (C=O) groups excluding carboxylic acids is 1. The van der Waals surface area contributed by atoms with Crippen LogP contribution in [0.3, 0.4) is 0 Å². The first kappa shape index (κ1) is 23.1. The maximum Gasteiger partial charge on any atom is 0.261 e. The van der Waals surface area contributed by atoms with Crippen LogP contribution in [0.2, 0.25) is 0 Å². The van der Waals surface area contributed by atoms with Gasteiger partial charge in [0.1, 0.15) is 23.7 Å². The first-order chi connectivity index (χ1) is 17.2. The quantitative estimate of drug-likeness (QED) is 0.476. The van der Waals surface area contributed by atoms with E-state index in [1.807, 2.05) is 13.0 Å². The van der Waals surface area contributed by atoms with E-state index in [2.05, 4.69) is 25.0 Å². The van der Waals surface area contributed by atoms with E-state index in [0.29, 0.717) is 34.2 Å². The number of fused-ring (bicyclic) bond motifs is 1. The lowest BCUT2D eigenvalue weighted by Crippen LogP contribution is -2.69. The zero-order valence-corrected chi connectivity index (χ0v) is 21.0. The van der Waals surface area contributed by atoms with Crippen LogP contribution in [0, 0.1) is 18.7 Å². The van der Waals surface area contributed by atoms with Crippen LogP contribution >= 0.6 is 0 Å². The van der Waals surface area contributed by atoms with Gasteiger partial charge in [-0.2, -0.15) is 4.36 Å². The number of nitrogens with one attached hydrogen (secondary N) is 2. The van der Waals surface area contributed by atoms with E-state index in [9.17, 15) is 13.4 Å². The van der Waals surface area contributed by atoms with Crippen LogP contribution in [-0.2, 0) is 14.5 Å². The molecule has 3 aromatic rings. The van der Waals surface area contributed by atoms with Gasteiger partial charge in [0.25, 0.3) is 5.91 Å². The molecule has 1 aliphatic heterocycles. The molecule has 1 saturated heterocycles. The molecule has 2 heterocycles. The van der Waals surface area contributed by atoms with Crippen molar-refractivity contribution >= 4 is 43.7 Å². The van der Waals surface area contributed by atoms with Gasteiger partial charge < -0.3 is 15.4 Å². The second kappa shape index (κ2) is 8.40. The Morgan fingerprint density at radius 3 is 2.67 bits per heavy atom. The predicted molar refractivity (Wildman–Crippen MR) is 137 cm³/mol. The highest BCUT2D eigenvalue weighted by Gasteiger charge is 2.57. The minimum absolute atomic E-state index is 0.0587. The number of hydrogen-bond donors (Lipinski definition) is 2. The Bertz CT molecular complexity index is 1490. The van der Waals surface area contributed by atoms with Crippen molar-refractivity contribution in [3.05, 3.63) is 48.0 Å². The summed E-state index contributed by atoms with van der Waals surface area (Å²) in [7, 11) is -2.14. The van der Waals surface area contributed by atoms with Crippen molar-refractivity contribution in [3.63, 3.8) is 0 Å². The molecule has 2 N–H and O–H groups in total. The number of ether oxygens (including phenoxy) is 1. The van der Waals surface area contributed by atoms with E-state index in [0.717, 1.165) is 42.6 Å². The zero-order valence-electron chi connectivity index (χ0n) is 20.2. The highest BCUT2D eigenvalue weighted by molar-refractivity contribution is 7.95. The summed E-state index contributed by atoms with van der Waals surface area (Å²) in [6.45, 7) is 3.58. The lowest BCUT2D eigenvalue weighted by atomic mass is 9.50. The van der Waals surface area contributed by atoms with Crippen LogP contribution in [0.5, 0.6) is 5.75 Å². The van der Waals surface area contributed by atoms with Crippen LogP contribution in [0.25, 0.3) is 10.9 Å². The molecule has 36 heavy (non-hydrogen) atoms. The lowest BCUT2D eigenvalue weighted by Gasteiger charge is -2.62. The Balaban J connectivity index is 1.27. The number of hydrogen-bond acceptors (Lipinski definition) is 7. The summed E-state index contributed by atoms with van der Waals surface area (Å²) < 4.78 is 37.1. The molecular weight excluding hydrogens is 481 g/mol. The molecule has 0 radical (unpaired) electrons. The van der Waals surface area contributed by atoms with Gasteiger partial charge in [0.05, 0.1) is 26.6 Å². The van der Waals surface area contributed by atoms with Gasteiger partial charge in [-0.05, 0) is 75.3 Å². The third-order valence-corrected chi connectivity index (χ3v) is 9.81. The summed E-state index contributed by atoms with van der Waals surface area (Å²) >= 11 is 0. The van der Waals surface area contributed by atoms with E-state index in [-0.39, 0.29) is 17.2 Å². The van der Waals surface area contributed by atoms with Crippen molar-refractivity contribution in [2.75, 3.05) is 16.8 Å². The summed E-state index contributed by atoms with van der Waals surface area (Å²) in [6, 6.07) is 7.82. The summed E-state index contributed by atoms with van der Waals surface area (Å²) in [5.41, 5.74) is 2.59. The van der Waals surface area contributed by atoms with Crippen molar-refractivity contribution < 1.29 is 18.1 Å². The van der Waals surface area contributed by atoms with Gasteiger partial charge in [0.15, 0.2) is 6.10 Å². The second-order valence-electron chi connectivity index (χ2n) is 10.3. The molecule has 0 unspecified atom stereocenters. The number of aromatic nitrogens is 2. The molecule has 7 rings (SSSR count). The Labute approximate surface area is 209 Å². The molecule has 1 amide bonds. The Morgan fingerprint density at radius 2 is 2.00 bits per heavy atom. The molecule has 188 valence electrons. The Hall–Kier alpha value is -3.27. The monoisotopic (exact) mass is 509 g/mol. The number of aryl methyl sites for hydroxylation is 1. The molecule has 8 nitrogen and oxygen atoms in total. The molecule has 4 aliphatic rings. The van der Waals surface area contributed by atoms with E-state index in [1.165, 1.54) is 18.5 Å². The fraction of sp³-hybridized carbons (Fsp3) is 0.423. The molecule has 10 heteroatoms. The third-order valence-electron chi connectivity index (χ3n) is 7.41. The van der Waals surface area contributed by atoms with Crippen molar-refractivity contribution in [2.24, 2.45) is 10.3 Å². The van der Waals surface area contributed by atoms with Crippen LogP contribution in [-0.4, -0.2) is 43.2 Å². The maximum absolute atomic E-state index is 14.1. The normalized spacial score (nSPS) is 24.0. The van der Waals surface area contributed by atoms with Gasteiger partial charge in [-0.25, -0.2) is 18.6 Å². The van der Waals surface area contributed by atoms with Crippen LogP contribution in [0.1, 0.15) is 38.2 Å². The van der Waals surface area contributed by atoms with Crippen molar-refractivity contribution in [1.29, 1.82) is 0 Å². The number of nitrogens with zero attached hydrogens (tertiary/aromatic N) is 3. The molecule has 0 spiro atoms. The van der Waals surface area contributed by atoms with Gasteiger partial charge in [-0.3, -0.25) is 4.79 Å². The number of rotatable bonds is 7. The molecule has 1 atom stereocenters. The molecule has 4 fully saturated rings. The van der Waals surface area contributed by atoms with E-state index >= 15 is 0 Å². The van der Waals surface area contributed by atoms with Gasteiger partial charge in [0.2, 0.25) is 0 Å². The average molecular weight is 510 g/mol. The fourth-order valence-corrected chi connectivity index (χ4v) is 6.71. The fourth-order valence-electron chi connectivity index (χ4n) is 5.26. The minimum atomic E-state index is -2.14. The first-order valence-electron chi connectivity index (χ1n) is 12.2. The summed E-state index contributed by atoms with van der Waals surface area (Å²) in [5.74, 6) is 2.07. The predicted octanol–water partition coefficient (Wildman–Crippen LogP) is 4.76. The van der Waals surface area contributed by atoms with E-state index in [4.69, 9.17) is 4.74 Å². The van der Waals surface area contributed by atoms with Gasteiger partial charge in [-0.1, -0.05) is 0 Å². The Kier molecular flexibility index (Phi) is 5.40. The summed E-state index contributed by atoms with van der Waals surface area (Å²) in [5, 5.41) is 7.10. The second-order valence-corrected chi connectivity index (χ2v) is 12.8. The van der Waals surface area contributed by atoms with Gasteiger partial charge in [0, 0.05) is 28.5 Å². The van der Waals surface area contributed by atoms with Crippen molar-refractivity contribution in [2.45, 2.75) is 51.2 Å². The van der Waals surface area contributed by atoms with Gasteiger partial charge in [-0.15, -0.1) is 0 Å². The molecule has 2 bridgehead atoms. The third kappa shape index (κ3) is 4.17. The van der Waals surface area contributed by atoms with Crippen LogP contribution in [0.4, 0.5) is 21.6 Å². The highest BCUT2D eigenvalue weighted by atomic mass is 32.2. The molecular formula is C26H28FN5O3S. The van der Waals surface area contributed by atoms with Gasteiger partial charge >= 0.3 is 0 Å². The standard InChI is InChI=1S/C26H28FN5O3S/c1-15-8-19(32-36(34)6-3-7-36)10-21-23(15)24(29-14-28-21)30-20-5-4-18(27)9-22(20)35-16(2)25(33)31-26-11-17(12-26)13-26/h4-5,8-10,14,16-17H,3,6-7,11-13H2,1-2H3,(H,31,33)(H,28,29,30)/t16-,17?,26?/m1/s1. The SMILES string of the molecule is Cc1cc(N=S2(=O)CCC2)cc2ncnc(Nc3ccc(F)cc3O[C@H](C)C(=O)NC34CC(C3)C4)c12. The maximum atomic E-state index is 14.1. The number of amides is 1. The molecule has 2 aromatic carbocycles. The molecule has 3 aliphatic carbocycles. The van der Waals surface area contributed by atoms with Crippen molar-refractivity contribution in [1.82, 2.24) is 15.3 Å². The summed E-state index contributed by atoms with van der Waals surface area (Å²) in [6.07, 6.45) is 4.68. The highest BCUT2D eigenvalue weighted by Crippen LogP contribution is 2.56. The first-order valence-corrected chi connectivity index (χ1v) is 14.1. The smallest absolute Gasteiger partial charge is 0.261 e. The average Bonchev–Trinajstić information content (AvgIpc) is 2.75. The number of benzene rings is 2. The van der Waals surface area contributed by atoms with E-state index in [1.54, 1.807) is 19.1 Å². The Morgan fingerprint density at radius 1 is 1.22 bits per heavy atom. The minimum Gasteiger partial charge on any atom is -0.479 e. The largest absolute Gasteiger partial charge is 0.479 e. The molecule has 1 aromatic heterocycles. The van der Waals surface area contributed by atoms with E-state index < -0.39 is 21.7 Å². The number of halogens is 1.